The van der Waals surface area contributed by atoms with E-state index in [4.69, 9.17) is 21.1 Å². The van der Waals surface area contributed by atoms with Crippen LogP contribution < -0.4 is 19.7 Å². The van der Waals surface area contributed by atoms with Crippen molar-refractivity contribution in [2.24, 2.45) is 0 Å². The number of hydrogen-bond acceptors (Lipinski definition) is 5. The number of ether oxygens (including phenoxy) is 2. The molecule has 1 N–H and O–H groups in total. The zero-order chi connectivity index (χ0) is 25.8. The Morgan fingerprint density at radius 3 is 2.47 bits per heavy atom. The van der Waals surface area contributed by atoms with Gasteiger partial charge in [-0.25, -0.2) is 9.69 Å². The van der Waals surface area contributed by atoms with Crippen LogP contribution in [0.3, 0.4) is 0 Å². The number of barbiturate groups is 1. The quantitative estimate of drug-likeness (QED) is 0.276. The maximum Gasteiger partial charge on any atom is 0.335 e. The summed E-state index contributed by atoms with van der Waals surface area (Å²) in [6.45, 7) is 4.34. The summed E-state index contributed by atoms with van der Waals surface area (Å²) in [7, 11) is 0. The van der Waals surface area contributed by atoms with Crippen molar-refractivity contribution in [3.8, 4) is 11.5 Å². The Kier molecular flexibility index (Phi) is 7.76. The molecule has 0 saturated carbocycles. The molecule has 7 nitrogen and oxygen atoms in total. The average Bonchev–Trinajstić information content (AvgIpc) is 2.82. The molecule has 1 saturated heterocycles. The van der Waals surface area contributed by atoms with E-state index in [2.05, 4.69) is 21.2 Å². The van der Waals surface area contributed by atoms with Crippen LogP contribution in [0.25, 0.3) is 6.08 Å². The van der Waals surface area contributed by atoms with Crippen LogP contribution in [0.15, 0.2) is 70.7 Å². The van der Waals surface area contributed by atoms with Gasteiger partial charge in [0.25, 0.3) is 11.8 Å². The molecule has 0 aliphatic carbocycles. The molecule has 0 spiro atoms. The minimum Gasteiger partial charge on any atom is -0.490 e. The molecule has 0 bridgehead atoms. The third kappa shape index (κ3) is 5.61. The molecule has 0 aromatic heterocycles. The zero-order valence-electron chi connectivity index (χ0n) is 19.5. The van der Waals surface area contributed by atoms with Crippen molar-refractivity contribution in [3.05, 3.63) is 92.4 Å². The maximum absolute atomic E-state index is 13.2. The van der Waals surface area contributed by atoms with E-state index >= 15 is 0 Å². The second kappa shape index (κ2) is 11.0. The fraction of sp³-hybridized carbons (Fsp3) is 0.148. The molecule has 1 aliphatic heterocycles. The Labute approximate surface area is 221 Å². The molecule has 4 rings (SSSR count). The summed E-state index contributed by atoms with van der Waals surface area (Å²) in [6, 6.07) is 16.8. The van der Waals surface area contributed by atoms with Crippen molar-refractivity contribution < 1.29 is 23.9 Å². The molecular weight excluding hydrogens is 548 g/mol. The van der Waals surface area contributed by atoms with E-state index in [1.807, 2.05) is 32.0 Å². The highest BCUT2D eigenvalue weighted by atomic mass is 79.9. The van der Waals surface area contributed by atoms with E-state index in [0.717, 1.165) is 16.0 Å². The molecule has 1 fully saturated rings. The number of aryl methyl sites for hydroxylation is 1. The van der Waals surface area contributed by atoms with Crippen molar-refractivity contribution in [1.82, 2.24) is 5.32 Å². The highest BCUT2D eigenvalue weighted by Crippen LogP contribution is 2.38. The first-order valence-corrected chi connectivity index (χ1v) is 12.3. The summed E-state index contributed by atoms with van der Waals surface area (Å²) in [5, 5.41) is 2.87. The van der Waals surface area contributed by atoms with Crippen molar-refractivity contribution in [3.63, 3.8) is 0 Å². The van der Waals surface area contributed by atoms with Gasteiger partial charge in [0.1, 0.15) is 12.2 Å². The fourth-order valence-corrected chi connectivity index (χ4v) is 4.34. The predicted molar refractivity (Wildman–Crippen MR) is 141 cm³/mol. The number of carbonyl (C=O) groups excluding carboxylic acids is 3. The van der Waals surface area contributed by atoms with Crippen LogP contribution in [-0.4, -0.2) is 24.5 Å². The number of carbonyl (C=O) groups is 3. The number of nitrogens with zero attached hydrogens (tertiary/aromatic N) is 1. The number of amides is 4. The molecular formula is C27H22BrClN2O5. The highest BCUT2D eigenvalue weighted by Gasteiger charge is 2.36. The first-order chi connectivity index (χ1) is 17.3. The van der Waals surface area contributed by atoms with Gasteiger partial charge in [-0.1, -0.05) is 35.9 Å². The summed E-state index contributed by atoms with van der Waals surface area (Å²) < 4.78 is 12.3. The van der Waals surface area contributed by atoms with E-state index in [-0.39, 0.29) is 12.2 Å². The molecule has 3 aromatic carbocycles. The standard InChI is InChI=1S/C27H22BrClN2O5/c1-3-35-23-14-18(13-22(28)24(23)36-15-17-7-9-19(29)10-8-17)12-21-25(32)30-27(34)31(26(21)33)20-6-4-5-16(2)11-20/h4-14H,3,15H2,1-2H3,(H,30,32,34)/b21-12+. The van der Waals surface area contributed by atoms with Gasteiger partial charge in [-0.15, -0.1) is 0 Å². The van der Waals surface area contributed by atoms with Crippen LogP contribution in [0.4, 0.5) is 10.5 Å². The second-order valence-electron chi connectivity index (χ2n) is 7.97. The second-order valence-corrected chi connectivity index (χ2v) is 9.27. The summed E-state index contributed by atoms with van der Waals surface area (Å²) in [6.07, 6.45) is 1.42. The van der Waals surface area contributed by atoms with Gasteiger partial charge in [0.2, 0.25) is 0 Å². The number of urea groups is 1. The molecule has 9 heteroatoms. The summed E-state index contributed by atoms with van der Waals surface area (Å²) in [5.41, 5.74) is 2.50. The van der Waals surface area contributed by atoms with E-state index in [9.17, 15) is 14.4 Å². The average molecular weight is 570 g/mol. The van der Waals surface area contributed by atoms with Crippen LogP contribution in [0, 0.1) is 6.92 Å². The van der Waals surface area contributed by atoms with E-state index in [1.165, 1.54) is 6.08 Å². The lowest BCUT2D eigenvalue weighted by molar-refractivity contribution is -0.122. The Morgan fingerprint density at radius 1 is 1.03 bits per heavy atom. The molecule has 3 aromatic rings. The third-order valence-electron chi connectivity index (χ3n) is 5.30. The van der Waals surface area contributed by atoms with Crippen molar-refractivity contribution in [1.29, 1.82) is 0 Å². The van der Waals surface area contributed by atoms with Crippen LogP contribution in [0.2, 0.25) is 5.02 Å². The maximum atomic E-state index is 13.2. The lowest BCUT2D eigenvalue weighted by Crippen LogP contribution is -2.54. The largest absolute Gasteiger partial charge is 0.490 e. The normalized spacial score (nSPS) is 14.7. The molecule has 184 valence electrons. The molecule has 0 unspecified atom stereocenters. The van der Waals surface area contributed by atoms with E-state index in [0.29, 0.717) is 38.9 Å². The van der Waals surface area contributed by atoms with E-state index < -0.39 is 17.8 Å². The minimum atomic E-state index is -0.796. The lowest BCUT2D eigenvalue weighted by atomic mass is 10.1. The summed E-state index contributed by atoms with van der Waals surface area (Å²) in [5.74, 6) is -0.578. The van der Waals surface area contributed by atoms with Gasteiger partial charge in [-0.05, 0) is 88.9 Å². The number of rotatable bonds is 7. The fourth-order valence-electron chi connectivity index (χ4n) is 3.64. The molecule has 36 heavy (non-hydrogen) atoms. The molecule has 4 amide bonds. The van der Waals surface area contributed by atoms with Gasteiger partial charge in [0.05, 0.1) is 16.8 Å². The zero-order valence-corrected chi connectivity index (χ0v) is 21.9. The SMILES string of the molecule is CCOc1cc(/C=C2\C(=O)NC(=O)N(c3cccc(C)c3)C2=O)cc(Br)c1OCc1ccc(Cl)cc1. The van der Waals surface area contributed by atoms with Crippen molar-refractivity contribution >= 4 is 57.1 Å². The van der Waals surface area contributed by atoms with Gasteiger partial charge < -0.3 is 9.47 Å². The molecule has 0 atom stereocenters. The highest BCUT2D eigenvalue weighted by molar-refractivity contribution is 9.10. The van der Waals surface area contributed by atoms with E-state index in [1.54, 1.807) is 42.5 Å². The number of imide groups is 2. The van der Waals surface area contributed by atoms with Crippen molar-refractivity contribution in [2.75, 3.05) is 11.5 Å². The third-order valence-corrected chi connectivity index (χ3v) is 6.14. The number of nitrogens with one attached hydrogen (secondary N) is 1. The predicted octanol–water partition coefficient (Wildman–Crippen LogP) is 6.06. The van der Waals surface area contributed by atoms with Crippen molar-refractivity contribution in [2.45, 2.75) is 20.5 Å². The number of benzene rings is 3. The number of anilines is 1. The van der Waals surface area contributed by atoms with Crippen LogP contribution in [-0.2, 0) is 16.2 Å². The first-order valence-electron chi connectivity index (χ1n) is 11.1. The van der Waals surface area contributed by atoms with Gasteiger partial charge in [-0.3, -0.25) is 14.9 Å². The lowest BCUT2D eigenvalue weighted by Gasteiger charge is -2.26. The smallest absolute Gasteiger partial charge is 0.335 e. The Bertz CT molecular complexity index is 1370. The van der Waals surface area contributed by atoms with Gasteiger partial charge in [-0.2, -0.15) is 0 Å². The topological polar surface area (TPSA) is 84.9 Å². The van der Waals surface area contributed by atoms with Crippen LogP contribution >= 0.6 is 27.5 Å². The Balaban J connectivity index is 1.66. The van der Waals surface area contributed by atoms with Gasteiger partial charge in [0, 0.05) is 5.02 Å². The molecule has 1 aliphatic rings. The van der Waals surface area contributed by atoms with Gasteiger partial charge in [0.15, 0.2) is 11.5 Å². The van der Waals surface area contributed by atoms with Crippen LogP contribution in [0.1, 0.15) is 23.6 Å². The molecule has 0 radical (unpaired) electrons. The first kappa shape index (κ1) is 25.5. The van der Waals surface area contributed by atoms with Gasteiger partial charge >= 0.3 is 6.03 Å². The molecule has 1 heterocycles. The monoisotopic (exact) mass is 568 g/mol. The number of hydrogen-bond donors (Lipinski definition) is 1. The van der Waals surface area contributed by atoms with Crippen LogP contribution in [0.5, 0.6) is 11.5 Å². The Hall–Kier alpha value is -3.62. The minimum absolute atomic E-state index is 0.180. The summed E-state index contributed by atoms with van der Waals surface area (Å²) >= 11 is 9.46. The Morgan fingerprint density at radius 2 is 1.78 bits per heavy atom. The number of halogens is 2. The summed E-state index contributed by atoms with van der Waals surface area (Å²) in [4.78, 5) is 39.2.